The molecule has 0 bridgehead atoms. The van der Waals surface area contributed by atoms with Crippen molar-refractivity contribution in [3.05, 3.63) is 42.0 Å². The van der Waals surface area contributed by atoms with E-state index >= 15 is 0 Å². The zero-order chi connectivity index (χ0) is 15.7. The topological polar surface area (TPSA) is 23.5 Å². The average molecular weight is 299 g/mol. The minimum atomic E-state index is 0.262. The third-order valence-electron chi connectivity index (χ3n) is 6.22. The highest BCUT2D eigenvalue weighted by Gasteiger charge is 2.49. The van der Waals surface area contributed by atoms with Crippen LogP contribution in [0.15, 0.2) is 30.9 Å². The summed E-state index contributed by atoms with van der Waals surface area (Å²) in [5, 5.41) is 10.0. The third-order valence-corrected chi connectivity index (χ3v) is 6.22. The van der Waals surface area contributed by atoms with Gasteiger partial charge in [-0.3, -0.25) is 4.90 Å². The zero-order valence-electron chi connectivity index (χ0n) is 14.0. The van der Waals surface area contributed by atoms with Crippen LogP contribution in [0.1, 0.15) is 50.2 Å². The van der Waals surface area contributed by atoms with Crippen molar-refractivity contribution in [2.45, 2.75) is 57.4 Å². The smallest absolute Gasteiger partial charge is 0.115 e. The van der Waals surface area contributed by atoms with E-state index in [9.17, 15) is 5.11 Å². The fourth-order valence-corrected chi connectivity index (χ4v) is 5.12. The summed E-state index contributed by atoms with van der Waals surface area (Å²) in [6, 6.07) is 6.55. The molecule has 120 valence electrons. The number of phenols is 1. The predicted octanol–water partition coefficient (Wildman–Crippen LogP) is 4.41. The lowest BCUT2D eigenvalue weighted by Gasteiger charge is -2.55. The number of aromatic hydroxyl groups is 1. The van der Waals surface area contributed by atoms with Crippen molar-refractivity contribution in [2.24, 2.45) is 5.92 Å². The highest BCUT2D eigenvalue weighted by Crippen LogP contribution is 2.52. The number of rotatable bonds is 3. The van der Waals surface area contributed by atoms with Crippen LogP contribution in [-0.4, -0.2) is 29.1 Å². The number of fused-ring (bicyclic) bond motifs is 1. The van der Waals surface area contributed by atoms with Crippen molar-refractivity contribution in [1.29, 1.82) is 0 Å². The van der Waals surface area contributed by atoms with E-state index in [2.05, 4.69) is 31.4 Å². The fourth-order valence-electron chi connectivity index (χ4n) is 5.12. The Morgan fingerprint density at radius 1 is 1.36 bits per heavy atom. The van der Waals surface area contributed by atoms with Gasteiger partial charge in [-0.2, -0.15) is 0 Å². The molecule has 1 aliphatic heterocycles. The van der Waals surface area contributed by atoms with Crippen molar-refractivity contribution in [3.63, 3.8) is 0 Å². The second kappa shape index (κ2) is 6.08. The Kier molecular flexibility index (Phi) is 4.31. The molecule has 1 aromatic carbocycles. The second-order valence-corrected chi connectivity index (χ2v) is 7.28. The van der Waals surface area contributed by atoms with Gasteiger partial charge in [0.05, 0.1) is 0 Å². The average Bonchev–Trinajstić information content (AvgIpc) is 2.53. The molecule has 2 fully saturated rings. The van der Waals surface area contributed by atoms with Crippen molar-refractivity contribution < 1.29 is 5.11 Å². The Morgan fingerprint density at radius 2 is 2.18 bits per heavy atom. The van der Waals surface area contributed by atoms with Gasteiger partial charge in [-0.05, 0) is 68.8 Å². The molecule has 2 aliphatic rings. The van der Waals surface area contributed by atoms with E-state index in [0.29, 0.717) is 17.7 Å². The Morgan fingerprint density at radius 3 is 2.95 bits per heavy atom. The van der Waals surface area contributed by atoms with Crippen LogP contribution in [0.2, 0.25) is 0 Å². The van der Waals surface area contributed by atoms with E-state index in [4.69, 9.17) is 0 Å². The van der Waals surface area contributed by atoms with E-state index in [1.807, 2.05) is 18.2 Å². The molecule has 22 heavy (non-hydrogen) atoms. The normalized spacial score (nSPS) is 32.5. The van der Waals surface area contributed by atoms with Crippen molar-refractivity contribution >= 4 is 0 Å². The maximum atomic E-state index is 10.0. The number of hydrogen-bond acceptors (Lipinski definition) is 2. The Hall–Kier alpha value is -1.28. The van der Waals surface area contributed by atoms with Gasteiger partial charge in [0.15, 0.2) is 0 Å². The predicted molar refractivity (Wildman–Crippen MR) is 92.3 cm³/mol. The highest BCUT2D eigenvalue weighted by molar-refractivity contribution is 5.41. The summed E-state index contributed by atoms with van der Waals surface area (Å²) in [7, 11) is 0. The summed E-state index contributed by atoms with van der Waals surface area (Å²) >= 11 is 0. The van der Waals surface area contributed by atoms with Crippen LogP contribution in [0, 0.1) is 12.8 Å². The number of nitrogens with zero attached hydrogens (tertiary/aromatic N) is 1. The lowest BCUT2D eigenvalue weighted by molar-refractivity contribution is 0.0142. The molecule has 1 aromatic rings. The largest absolute Gasteiger partial charge is 0.508 e. The van der Waals surface area contributed by atoms with Crippen LogP contribution >= 0.6 is 0 Å². The summed E-state index contributed by atoms with van der Waals surface area (Å²) in [6.45, 7) is 10.6. The molecule has 2 nitrogen and oxygen atoms in total. The highest BCUT2D eigenvalue weighted by atomic mass is 16.3. The molecule has 1 heterocycles. The summed E-state index contributed by atoms with van der Waals surface area (Å²) in [5.41, 5.74) is 3.01. The van der Waals surface area contributed by atoms with Crippen molar-refractivity contribution in [2.75, 3.05) is 13.1 Å². The maximum absolute atomic E-state index is 10.0. The summed E-state index contributed by atoms with van der Waals surface area (Å²) in [5.74, 6) is 1.11. The molecule has 0 spiro atoms. The van der Waals surface area contributed by atoms with Crippen molar-refractivity contribution in [1.82, 2.24) is 4.90 Å². The van der Waals surface area contributed by atoms with Crippen LogP contribution < -0.4 is 0 Å². The first-order valence-electron chi connectivity index (χ1n) is 8.73. The molecule has 0 unspecified atom stereocenters. The second-order valence-electron chi connectivity index (χ2n) is 7.28. The molecule has 1 saturated heterocycles. The number of aryl methyl sites for hydroxylation is 1. The van der Waals surface area contributed by atoms with E-state index in [0.717, 1.165) is 13.1 Å². The van der Waals surface area contributed by atoms with E-state index in [1.54, 1.807) is 0 Å². The van der Waals surface area contributed by atoms with Gasteiger partial charge in [-0.25, -0.2) is 0 Å². The SMILES string of the molecule is C=CCN1CC[C@]2(c3cc(O)ccc3C)CCCC[C@H]2[C@H]1C. The summed E-state index contributed by atoms with van der Waals surface area (Å²) in [4.78, 5) is 2.58. The van der Waals surface area contributed by atoms with Gasteiger partial charge in [0, 0.05) is 18.0 Å². The van der Waals surface area contributed by atoms with Crippen LogP contribution in [0.5, 0.6) is 5.75 Å². The molecule has 0 amide bonds. The fraction of sp³-hybridized carbons (Fsp3) is 0.600. The molecule has 0 aromatic heterocycles. The zero-order valence-corrected chi connectivity index (χ0v) is 14.0. The first-order valence-corrected chi connectivity index (χ1v) is 8.73. The minimum Gasteiger partial charge on any atom is -0.508 e. The van der Waals surface area contributed by atoms with Crippen LogP contribution in [0.3, 0.4) is 0 Å². The van der Waals surface area contributed by atoms with Gasteiger partial charge in [0.1, 0.15) is 5.75 Å². The van der Waals surface area contributed by atoms with Crippen LogP contribution in [0.25, 0.3) is 0 Å². The van der Waals surface area contributed by atoms with Gasteiger partial charge in [-0.1, -0.05) is 25.0 Å². The van der Waals surface area contributed by atoms with Gasteiger partial charge in [0.2, 0.25) is 0 Å². The molecule has 1 aliphatic carbocycles. The molecule has 1 N–H and O–H groups in total. The summed E-state index contributed by atoms with van der Waals surface area (Å²) in [6.07, 6.45) is 8.49. The van der Waals surface area contributed by atoms with E-state index in [-0.39, 0.29) is 5.41 Å². The van der Waals surface area contributed by atoms with Gasteiger partial charge < -0.3 is 5.11 Å². The van der Waals surface area contributed by atoms with Crippen LogP contribution in [-0.2, 0) is 5.41 Å². The molecule has 1 saturated carbocycles. The third kappa shape index (κ3) is 2.48. The molecule has 0 radical (unpaired) electrons. The number of benzene rings is 1. The Labute approximate surface area is 134 Å². The van der Waals surface area contributed by atoms with Crippen molar-refractivity contribution in [3.8, 4) is 5.75 Å². The minimum absolute atomic E-state index is 0.262. The summed E-state index contributed by atoms with van der Waals surface area (Å²) < 4.78 is 0. The van der Waals surface area contributed by atoms with E-state index < -0.39 is 0 Å². The Bertz CT molecular complexity index is 553. The van der Waals surface area contributed by atoms with Crippen LogP contribution in [0.4, 0.5) is 0 Å². The molecule has 3 rings (SSSR count). The van der Waals surface area contributed by atoms with Gasteiger partial charge >= 0.3 is 0 Å². The number of hydrogen-bond donors (Lipinski definition) is 1. The lowest BCUT2D eigenvalue weighted by Crippen LogP contribution is -2.56. The standard InChI is InChI=1S/C20H29NO/c1-4-12-21-13-11-20(10-6-5-7-18(20)16(21)3)19-14-17(22)9-8-15(19)2/h4,8-9,14,16,18,22H,1,5-7,10-13H2,2-3H3/t16-,18+,20-/m1/s1. The molecular formula is C20H29NO. The van der Waals surface area contributed by atoms with Gasteiger partial charge in [0.25, 0.3) is 0 Å². The molecule has 3 atom stereocenters. The number of phenolic OH excluding ortho intramolecular Hbond substituents is 1. The molecular weight excluding hydrogens is 270 g/mol. The lowest BCUT2D eigenvalue weighted by atomic mass is 9.56. The van der Waals surface area contributed by atoms with E-state index in [1.165, 1.54) is 43.2 Å². The number of piperidine rings is 1. The quantitative estimate of drug-likeness (QED) is 0.836. The monoisotopic (exact) mass is 299 g/mol. The van der Waals surface area contributed by atoms with Gasteiger partial charge in [-0.15, -0.1) is 6.58 Å². The maximum Gasteiger partial charge on any atom is 0.115 e. The molecule has 2 heteroatoms. The number of likely N-dealkylation sites (tertiary alicyclic amines) is 1. The Balaban J connectivity index is 2.02. The first kappa shape index (κ1) is 15.6. The first-order chi connectivity index (χ1) is 10.6.